The highest BCUT2D eigenvalue weighted by atomic mass is 35.5. The number of fused-ring (bicyclic) bond motifs is 5. The van der Waals surface area contributed by atoms with Gasteiger partial charge in [-0.15, -0.1) is 0 Å². The molecule has 0 atom stereocenters. The van der Waals surface area contributed by atoms with Crippen molar-refractivity contribution in [2.75, 3.05) is 57.3 Å². The van der Waals surface area contributed by atoms with Crippen LogP contribution in [0.3, 0.4) is 0 Å². The molecule has 250 valence electrons. The number of hydrogen-bond donors (Lipinski definition) is 2. The molecule has 2 aliphatic heterocycles. The highest BCUT2D eigenvalue weighted by molar-refractivity contribution is 7.99. The van der Waals surface area contributed by atoms with E-state index in [1.165, 1.54) is 57.9 Å². The first kappa shape index (κ1) is 33.0. The molecule has 0 unspecified atom stereocenters. The number of nitrogens with zero attached hydrogens (tertiary/aromatic N) is 4. The van der Waals surface area contributed by atoms with E-state index in [0.29, 0.717) is 6.42 Å². The molecule has 0 radical (unpaired) electrons. The zero-order valence-electron chi connectivity index (χ0n) is 27.6. The van der Waals surface area contributed by atoms with Gasteiger partial charge in [0.1, 0.15) is 0 Å². The average Bonchev–Trinajstić information content (AvgIpc) is 3.49. The van der Waals surface area contributed by atoms with Gasteiger partial charge in [-0.3, -0.25) is 9.78 Å². The van der Waals surface area contributed by atoms with Crippen molar-refractivity contribution < 1.29 is 4.79 Å². The first-order chi connectivity index (χ1) is 23.6. The van der Waals surface area contributed by atoms with Crippen molar-refractivity contribution in [3.8, 4) is 0 Å². The molecule has 7 nitrogen and oxygen atoms in total. The van der Waals surface area contributed by atoms with E-state index >= 15 is 0 Å². The quantitative estimate of drug-likeness (QED) is 0.115. The number of aromatic nitrogens is 2. The Morgan fingerprint density at radius 2 is 1.58 bits per heavy atom. The first-order valence-electron chi connectivity index (χ1n) is 17.5. The summed E-state index contributed by atoms with van der Waals surface area (Å²) in [6.45, 7) is 8.67. The second-order valence-corrected chi connectivity index (χ2v) is 14.6. The van der Waals surface area contributed by atoms with Gasteiger partial charge >= 0.3 is 0 Å². The van der Waals surface area contributed by atoms with E-state index < -0.39 is 0 Å². The molecule has 7 rings (SSSR count). The minimum Gasteiger partial charge on any atom is -0.356 e. The number of halogens is 1. The number of H-pyrrole nitrogens is 1. The van der Waals surface area contributed by atoms with Crippen LogP contribution >= 0.6 is 23.4 Å². The van der Waals surface area contributed by atoms with Crippen molar-refractivity contribution >= 4 is 62.5 Å². The maximum atomic E-state index is 12.5. The molecule has 4 heterocycles. The summed E-state index contributed by atoms with van der Waals surface area (Å²) in [6, 6.07) is 23.4. The third-order valence-electron chi connectivity index (χ3n) is 9.74. The summed E-state index contributed by atoms with van der Waals surface area (Å²) >= 11 is 8.24. The zero-order valence-corrected chi connectivity index (χ0v) is 29.2. The SMILES string of the molecule is O=C(CCc1ccc2c(c1)[nH]c1ccncc12)NCCCCCCN1CCN(CCCN2c3ccccc3Sc3ccc(Cl)cc32)CC1. The van der Waals surface area contributed by atoms with Gasteiger partial charge in [0, 0.05) is 94.7 Å². The number of anilines is 2. The lowest BCUT2D eigenvalue weighted by atomic mass is 10.1. The lowest BCUT2D eigenvalue weighted by molar-refractivity contribution is -0.121. The van der Waals surface area contributed by atoms with Crippen LogP contribution in [0.5, 0.6) is 0 Å². The molecule has 2 aromatic heterocycles. The van der Waals surface area contributed by atoms with Crippen LogP contribution in [0.15, 0.2) is 88.9 Å². The average molecular weight is 681 g/mol. The molecule has 2 N–H and O–H groups in total. The van der Waals surface area contributed by atoms with E-state index in [2.05, 4.69) is 84.6 Å². The molecular formula is C39H45ClN6OS. The maximum Gasteiger partial charge on any atom is 0.220 e. The lowest BCUT2D eigenvalue weighted by Crippen LogP contribution is -2.47. The molecule has 2 aliphatic rings. The van der Waals surface area contributed by atoms with Crippen LogP contribution in [0.4, 0.5) is 11.4 Å². The fourth-order valence-electron chi connectivity index (χ4n) is 7.07. The fourth-order valence-corrected chi connectivity index (χ4v) is 8.31. The zero-order chi connectivity index (χ0) is 32.7. The number of piperazine rings is 1. The summed E-state index contributed by atoms with van der Waals surface area (Å²) in [6.07, 6.45) is 10.8. The van der Waals surface area contributed by atoms with Gasteiger partial charge in [-0.25, -0.2) is 0 Å². The van der Waals surface area contributed by atoms with Gasteiger partial charge in [0.05, 0.1) is 11.4 Å². The normalized spacial score (nSPS) is 15.1. The number of benzene rings is 3. The molecule has 0 saturated carbocycles. The second-order valence-electron chi connectivity index (χ2n) is 13.1. The number of carbonyl (C=O) groups is 1. The summed E-state index contributed by atoms with van der Waals surface area (Å²) in [5.41, 5.74) is 5.89. The highest BCUT2D eigenvalue weighted by Crippen LogP contribution is 2.48. The smallest absolute Gasteiger partial charge is 0.220 e. The number of amides is 1. The summed E-state index contributed by atoms with van der Waals surface area (Å²) in [5.74, 6) is 0.141. The Kier molecular flexibility index (Phi) is 10.8. The summed E-state index contributed by atoms with van der Waals surface area (Å²) in [7, 11) is 0. The van der Waals surface area contributed by atoms with Crippen molar-refractivity contribution in [3.05, 3.63) is 89.7 Å². The van der Waals surface area contributed by atoms with Crippen LogP contribution in [0.1, 0.15) is 44.1 Å². The molecule has 1 fully saturated rings. The van der Waals surface area contributed by atoms with Crippen LogP contribution in [0.2, 0.25) is 5.02 Å². The van der Waals surface area contributed by atoms with E-state index in [9.17, 15) is 4.79 Å². The Labute approximate surface area is 293 Å². The summed E-state index contributed by atoms with van der Waals surface area (Å²) in [5, 5.41) is 6.24. The van der Waals surface area contributed by atoms with Crippen LogP contribution in [-0.2, 0) is 11.2 Å². The van der Waals surface area contributed by atoms with E-state index in [0.717, 1.165) is 86.5 Å². The van der Waals surface area contributed by atoms with Crippen LogP contribution in [0, 0.1) is 0 Å². The Bertz CT molecular complexity index is 1850. The van der Waals surface area contributed by atoms with Gasteiger partial charge in [-0.1, -0.05) is 60.5 Å². The van der Waals surface area contributed by atoms with E-state index in [1.54, 1.807) is 6.20 Å². The minimum atomic E-state index is 0.141. The van der Waals surface area contributed by atoms with Crippen molar-refractivity contribution in [1.82, 2.24) is 25.1 Å². The molecule has 1 amide bonds. The summed E-state index contributed by atoms with van der Waals surface area (Å²) in [4.78, 5) is 30.5. The van der Waals surface area contributed by atoms with Crippen molar-refractivity contribution in [2.24, 2.45) is 0 Å². The largest absolute Gasteiger partial charge is 0.356 e. The molecule has 0 aliphatic carbocycles. The van der Waals surface area contributed by atoms with Gasteiger partial charge in [-0.05, 0) is 86.8 Å². The van der Waals surface area contributed by atoms with Crippen LogP contribution in [-0.4, -0.2) is 78.0 Å². The first-order valence-corrected chi connectivity index (χ1v) is 18.7. The Balaban J connectivity index is 0.740. The van der Waals surface area contributed by atoms with Crippen LogP contribution < -0.4 is 10.2 Å². The number of hydrogen-bond acceptors (Lipinski definition) is 6. The van der Waals surface area contributed by atoms with Gasteiger partial charge in [-0.2, -0.15) is 0 Å². The predicted molar refractivity (Wildman–Crippen MR) is 200 cm³/mol. The molecule has 0 spiro atoms. The number of para-hydroxylation sites is 1. The number of rotatable bonds is 14. The molecule has 48 heavy (non-hydrogen) atoms. The predicted octanol–water partition coefficient (Wildman–Crippen LogP) is 8.29. The van der Waals surface area contributed by atoms with Gasteiger partial charge in [0.25, 0.3) is 0 Å². The topological polar surface area (TPSA) is 67.5 Å². The maximum absolute atomic E-state index is 12.5. The molecule has 1 saturated heterocycles. The number of nitrogens with one attached hydrogen (secondary N) is 2. The Morgan fingerprint density at radius 3 is 2.46 bits per heavy atom. The van der Waals surface area contributed by atoms with Gasteiger partial charge in [0.2, 0.25) is 5.91 Å². The lowest BCUT2D eigenvalue weighted by Gasteiger charge is -2.36. The molecule has 3 aromatic carbocycles. The molecule has 0 bridgehead atoms. The van der Waals surface area contributed by atoms with E-state index in [4.69, 9.17) is 11.6 Å². The Morgan fingerprint density at radius 1 is 0.792 bits per heavy atom. The second kappa shape index (κ2) is 15.8. The molecule has 9 heteroatoms. The van der Waals surface area contributed by atoms with Gasteiger partial charge < -0.3 is 25.0 Å². The van der Waals surface area contributed by atoms with E-state index in [1.807, 2.05) is 30.1 Å². The minimum absolute atomic E-state index is 0.141. The monoisotopic (exact) mass is 680 g/mol. The summed E-state index contributed by atoms with van der Waals surface area (Å²) < 4.78 is 0. The van der Waals surface area contributed by atoms with E-state index in [-0.39, 0.29) is 5.91 Å². The number of carbonyl (C=O) groups excluding carboxylic acids is 1. The third-order valence-corrected chi connectivity index (χ3v) is 11.1. The fraction of sp³-hybridized carbons (Fsp3) is 0.385. The van der Waals surface area contributed by atoms with Crippen molar-refractivity contribution in [3.63, 3.8) is 0 Å². The Hall–Kier alpha value is -3.56. The molecule has 5 aromatic rings. The highest BCUT2D eigenvalue weighted by Gasteiger charge is 2.24. The van der Waals surface area contributed by atoms with Crippen LogP contribution in [0.25, 0.3) is 21.8 Å². The van der Waals surface area contributed by atoms with Crippen molar-refractivity contribution in [1.29, 1.82) is 0 Å². The number of pyridine rings is 1. The molecular weight excluding hydrogens is 636 g/mol. The van der Waals surface area contributed by atoms with Gasteiger partial charge in [0.15, 0.2) is 0 Å². The number of aromatic amines is 1. The van der Waals surface area contributed by atoms with Crippen molar-refractivity contribution in [2.45, 2.75) is 54.7 Å². The number of unbranched alkanes of at least 4 members (excludes halogenated alkanes) is 3. The third kappa shape index (κ3) is 8.00. The number of aryl methyl sites for hydroxylation is 1. The standard InChI is InChI=1S/C39H45ClN6OS/c40-30-12-14-38-36(27-30)46(35-8-3-4-9-37(35)48-38)21-7-20-45-24-22-44(23-25-45)19-6-2-1-5-17-42-39(47)15-11-29-10-13-31-32-28-41-18-16-33(32)43-34(31)26-29/h3-4,8-10,12-14,16,18,26-28,43H,1-2,5-7,11,15,17,19-25H2,(H,42,47).